The Balaban J connectivity index is 2.13. The van der Waals surface area contributed by atoms with Crippen molar-refractivity contribution in [2.45, 2.75) is 25.9 Å². The average Bonchev–Trinajstić information content (AvgIpc) is 2.66. The number of carbonyl (C=O) groups excluding carboxylic acids is 1. The summed E-state index contributed by atoms with van der Waals surface area (Å²) in [5, 5.41) is 2.08. The second-order valence-corrected chi connectivity index (χ2v) is 6.85. The second kappa shape index (κ2) is 4.71. The van der Waals surface area contributed by atoms with E-state index in [-0.39, 0.29) is 5.91 Å². The number of halogens is 1. The zero-order valence-corrected chi connectivity index (χ0v) is 12.8. The molecule has 5 heteroatoms. The Morgan fingerprint density at radius 2 is 2.18 bits per heavy atom. The summed E-state index contributed by atoms with van der Waals surface area (Å²) in [6.45, 7) is 6.61. The van der Waals surface area contributed by atoms with E-state index >= 15 is 0 Å². The summed E-state index contributed by atoms with van der Waals surface area (Å²) in [6.07, 6.45) is 0. The van der Waals surface area contributed by atoms with Crippen LogP contribution in [0.5, 0.6) is 0 Å². The van der Waals surface area contributed by atoms with Crippen LogP contribution in [0.2, 0.25) is 0 Å². The third-order valence-electron chi connectivity index (χ3n) is 3.33. The molecule has 2 rings (SSSR count). The van der Waals surface area contributed by atoms with E-state index in [1.165, 1.54) is 4.88 Å². The van der Waals surface area contributed by atoms with Gasteiger partial charge >= 0.3 is 0 Å². The molecule has 94 valence electrons. The highest BCUT2D eigenvalue weighted by Gasteiger charge is 2.40. The van der Waals surface area contributed by atoms with Gasteiger partial charge in [-0.05, 0) is 35.8 Å². The van der Waals surface area contributed by atoms with E-state index in [4.69, 9.17) is 0 Å². The van der Waals surface area contributed by atoms with Gasteiger partial charge in [-0.25, -0.2) is 0 Å². The number of likely N-dealkylation sites (N-methyl/N-ethyl adjacent to an activating group) is 1. The number of carbonyl (C=O) groups is 1. The molecule has 1 aromatic heterocycles. The highest BCUT2D eigenvalue weighted by molar-refractivity contribution is 9.10. The Labute approximate surface area is 115 Å². The molecule has 0 atom stereocenters. The fraction of sp³-hybridized carbons (Fsp3) is 0.583. The molecule has 1 aliphatic heterocycles. The van der Waals surface area contributed by atoms with E-state index in [0.29, 0.717) is 0 Å². The van der Waals surface area contributed by atoms with Crippen LogP contribution in [0.1, 0.15) is 18.7 Å². The standard InChI is InChI=1S/C12H17BrN2OS/c1-12(2)11(16)14(3)4-5-15(12)7-10-6-9(13)8-17-10/h6,8H,4-5,7H2,1-3H3. The molecule has 0 spiro atoms. The average molecular weight is 317 g/mol. The van der Waals surface area contributed by atoms with Crippen molar-refractivity contribution in [3.8, 4) is 0 Å². The summed E-state index contributed by atoms with van der Waals surface area (Å²) < 4.78 is 1.12. The monoisotopic (exact) mass is 316 g/mol. The molecule has 0 aliphatic carbocycles. The Bertz CT molecular complexity index is 430. The van der Waals surface area contributed by atoms with Gasteiger partial charge in [-0.3, -0.25) is 9.69 Å². The van der Waals surface area contributed by atoms with Gasteiger partial charge in [0.25, 0.3) is 0 Å². The van der Waals surface area contributed by atoms with Crippen molar-refractivity contribution < 1.29 is 4.79 Å². The van der Waals surface area contributed by atoms with Gasteiger partial charge in [0, 0.05) is 41.4 Å². The molecule has 0 N–H and O–H groups in total. The molecule has 1 saturated heterocycles. The van der Waals surface area contributed by atoms with Crippen molar-refractivity contribution in [3.63, 3.8) is 0 Å². The molecule has 1 amide bonds. The second-order valence-electron chi connectivity index (χ2n) is 4.94. The van der Waals surface area contributed by atoms with Gasteiger partial charge in [0.2, 0.25) is 5.91 Å². The van der Waals surface area contributed by atoms with Gasteiger partial charge in [-0.1, -0.05) is 0 Å². The van der Waals surface area contributed by atoms with Crippen LogP contribution in [-0.2, 0) is 11.3 Å². The molecule has 0 unspecified atom stereocenters. The largest absolute Gasteiger partial charge is 0.343 e. The van der Waals surface area contributed by atoms with Crippen molar-refractivity contribution in [3.05, 3.63) is 20.8 Å². The van der Waals surface area contributed by atoms with E-state index in [1.54, 1.807) is 11.3 Å². The lowest BCUT2D eigenvalue weighted by Gasteiger charge is -2.44. The fourth-order valence-electron chi connectivity index (χ4n) is 2.16. The Hall–Kier alpha value is -0.390. The van der Waals surface area contributed by atoms with E-state index in [1.807, 2.05) is 25.8 Å². The number of nitrogens with zero attached hydrogens (tertiary/aromatic N) is 2. The van der Waals surface area contributed by atoms with Crippen molar-refractivity contribution in [2.24, 2.45) is 0 Å². The third kappa shape index (κ3) is 2.56. The summed E-state index contributed by atoms with van der Waals surface area (Å²) in [5.41, 5.74) is -0.399. The highest BCUT2D eigenvalue weighted by Crippen LogP contribution is 2.27. The molecule has 0 aromatic carbocycles. The number of thiophene rings is 1. The lowest BCUT2D eigenvalue weighted by molar-refractivity contribution is -0.147. The normalized spacial score (nSPS) is 20.9. The maximum absolute atomic E-state index is 12.1. The number of rotatable bonds is 2. The van der Waals surface area contributed by atoms with Crippen LogP contribution in [0.4, 0.5) is 0 Å². The van der Waals surface area contributed by atoms with Gasteiger partial charge in [0.05, 0.1) is 5.54 Å². The van der Waals surface area contributed by atoms with Crippen molar-refractivity contribution in [1.82, 2.24) is 9.80 Å². The number of amides is 1. The maximum Gasteiger partial charge on any atom is 0.242 e. The molecular weight excluding hydrogens is 300 g/mol. The predicted molar refractivity (Wildman–Crippen MR) is 74.1 cm³/mol. The summed E-state index contributed by atoms with van der Waals surface area (Å²) in [7, 11) is 1.88. The van der Waals surface area contributed by atoms with E-state index in [0.717, 1.165) is 24.1 Å². The quantitative estimate of drug-likeness (QED) is 0.837. The molecule has 0 bridgehead atoms. The van der Waals surface area contributed by atoms with Crippen molar-refractivity contribution >= 4 is 33.2 Å². The zero-order valence-electron chi connectivity index (χ0n) is 10.4. The van der Waals surface area contributed by atoms with Crippen LogP contribution in [0, 0.1) is 0 Å². The highest BCUT2D eigenvalue weighted by atomic mass is 79.9. The first-order valence-corrected chi connectivity index (χ1v) is 7.32. The number of hydrogen-bond donors (Lipinski definition) is 0. The van der Waals surface area contributed by atoms with Crippen LogP contribution < -0.4 is 0 Å². The van der Waals surface area contributed by atoms with Crippen LogP contribution in [0.3, 0.4) is 0 Å². The van der Waals surface area contributed by atoms with Gasteiger partial charge in [-0.15, -0.1) is 11.3 Å². The SMILES string of the molecule is CN1CCN(Cc2cc(Br)cs2)C(C)(C)C1=O. The topological polar surface area (TPSA) is 23.6 Å². The minimum atomic E-state index is -0.399. The zero-order chi connectivity index (χ0) is 12.6. The van der Waals surface area contributed by atoms with Gasteiger partial charge < -0.3 is 4.90 Å². The Morgan fingerprint density at radius 1 is 1.47 bits per heavy atom. The third-order valence-corrected chi connectivity index (χ3v) is 5.02. The van der Waals surface area contributed by atoms with Gasteiger partial charge in [0.1, 0.15) is 0 Å². The molecule has 1 aromatic rings. The first kappa shape index (κ1) is 13.1. The van der Waals surface area contributed by atoms with E-state index in [9.17, 15) is 4.79 Å². The smallest absolute Gasteiger partial charge is 0.242 e. The van der Waals surface area contributed by atoms with Gasteiger partial charge in [0.15, 0.2) is 0 Å². The van der Waals surface area contributed by atoms with E-state index < -0.39 is 5.54 Å². The Morgan fingerprint density at radius 3 is 2.76 bits per heavy atom. The fourth-order valence-corrected chi connectivity index (χ4v) is 3.62. The van der Waals surface area contributed by atoms with Crippen LogP contribution in [-0.4, -0.2) is 41.4 Å². The Kier molecular flexibility index (Phi) is 3.61. The van der Waals surface area contributed by atoms with Crippen LogP contribution in [0.15, 0.2) is 15.9 Å². The summed E-state index contributed by atoms with van der Waals surface area (Å²) in [4.78, 5) is 17.5. The molecule has 1 aliphatic rings. The summed E-state index contributed by atoms with van der Waals surface area (Å²) >= 11 is 5.20. The van der Waals surface area contributed by atoms with Gasteiger partial charge in [-0.2, -0.15) is 0 Å². The maximum atomic E-state index is 12.1. The minimum Gasteiger partial charge on any atom is -0.343 e. The molecule has 2 heterocycles. The number of piperazine rings is 1. The lowest BCUT2D eigenvalue weighted by Crippen LogP contribution is -2.61. The first-order valence-electron chi connectivity index (χ1n) is 5.65. The summed E-state index contributed by atoms with van der Waals surface area (Å²) in [6, 6.07) is 2.13. The van der Waals surface area contributed by atoms with Crippen LogP contribution >= 0.6 is 27.3 Å². The minimum absolute atomic E-state index is 0.208. The van der Waals surface area contributed by atoms with Crippen molar-refractivity contribution in [2.75, 3.05) is 20.1 Å². The molecule has 0 radical (unpaired) electrons. The summed E-state index contributed by atoms with van der Waals surface area (Å²) in [5.74, 6) is 0.208. The molecule has 17 heavy (non-hydrogen) atoms. The molecular formula is C12H17BrN2OS. The first-order chi connectivity index (χ1) is 7.91. The molecule has 3 nitrogen and oxygen atoms in total. The van der Waals surface area contributed by atoms with Crippen LogP contribution in [0.25, 0.3) is 0 Å². The molecule has 1 fully saturated rings. The predicted octanol–water partition coefficient (Wildman–Crippen LogP) is 2.56. The lowest BCUT2D eigenvalue weighted by atomic mass is 9.98. The number of hydrogen-bond acceptors (Lipinski definition) is 3. The molecule has 0 saturated carbocycles. The van der Waals surface area contributed by atoms with E-state index in [2.05, 4.69) is 32.3 Å². The van der Waals surface area contributed by atoms with Crippen molar-refractivity contribution in [1.29, 1.82) is 0 Å².